The Morgan fingerprint density at radius 3 is 2.74 bits per heavy atom. The lowest BCUT2D eigenvalue weighted by molar-refractivity contribution is -0.137. The molecule has 1 N–H and O–H groups in total. The first kappa shape index (κ1) is 13.7. The molecule has 3 heteroatoms. The number of aromatic nitrogens is 1. The fraction of sp³-hybridized carbons (Fsp3) is 0.438. The number of carboxylic acid groups (broad SMARTS) is 1. The number of benzene rings is 1. The van der Waals surface area contributed by atoms with E-state index in [0.717, 1.165) is 12.8 Å². The minimum Gasteiger partial charge on any atom is -0.481 e. The van der Waals surface area contributed by atoms with Crippen LogP contribution in [-0.4, -0.2) is 15.6 Å². The van der Waals surface area contributed by atoms with E-state index in [9.17, 15) is 4.79 Å². The first-order valence-electron chi connectivity index (χ1n) is 6.83. The van der Waals surface area contributed by atoms with Gasteiger partial charge in [-0.2, -0.15) is 0 Å². The van der Waals surface area contributed by atoms with Gasteiger partial charge in [-0.05, 0) is 37.3 Å². The lowest BCUT2D eigenvalue weighted by Crippen LogP contribution is -1.97. The van der Waals surface area contributed by atoms with Crippen molar-refractivity contribution >= 4 is 16.9 Å². The van der Waals surface area contributed by atoms with Gasteiger partial charge < -0.3 is 9.67 Å². The van der Waals surface area contributed by atoms with Crippen LogP contribution >= 0.6 is 0 Å². The summed E-state index contributed by atoms with van der Waals surface area (Å²) in [5.74, 6) is -0.716. The standard InChI is InChI=1S/C16H21NO2/c1-4-12-7-5-9-14-13(8-6-10-15(18)19)11(2)17(3)16(12)14/h5,7,9H,4,6,8,10H2,1-3H3,(H,18,19). The van der Waals surface area contributed by atoms with Crippen LogP contribution < -0.4 is 0 Å². The molecule has 102 valence electrons. The Morgan fingerprint density at radius 2 is 2.11 bits per heavy atom. The van der Waals surface area contributed by atoms with Crippen molar-refractivity contribution in [1.29, 1.82) is 0 Å². The van der Waals surface area contributed by atoms with Crippen LogP contribution in [0.15, 0.2) is 18.2 Å². The van der Waals surface area contributed by atoms with Crippen LogP contribution in [0.1, 0.15) is 36.6 Å². The third kappa shape index (κ3) is 2.50. The summed E-state index contributed by atoms with van der Waals surface area (Å²) >= 11 is 0. The Hall–Kier alpha value is -1.77. The monoisotopic (exact) mass is 259 g/mol. The van der Waals surface area contributed by atoms with Crippen LogP contribution in [0.4, 0.5) is 0 Å². The van der Waals surface area contributed by atoms with Crippen LogP contribution in [0.25, 0.3) is 10.9 Å². The van der Waals surface area contributed by atoms with Gasteiger partial charge in [0.25, 0.3) is 0 Å². The Bertz CT molecular complexity index is 611. The zero-order valence-corrected chi connectivity index (χ0v) is 11.9. The first-order valence-corrected chi connectivity index (χ1v) is 6.83. The predicted molar refractivity (Wildman–Crippen MR) is 77.6 cm³/mol. The molecule has 0 atom stereocenters. The molecule has 19 heavy (non-hydrogen) atoms. The van der Waals surface area contributed by atoms with Crippen LogP contribution in [0.5, 0.6) is 0 Å². The van der Waals surface area contributed by atoms with Crippen molar-refractivity contribution in [2.75, 3.05) is 0 Å². The zero-order chi connectivity index (χ0) is 14.0. The average Bonchev–Trinajstić information content (AvgIpc) is 2.63. The van der Waals surface area contributed by atoms with Gasteiger partial charge in [0.05, 0.1) is 5.52 Å². The van der Waals surface area contributed by atoms with Gasteiger partial charge in [-0.25, -0.2) is 0 Å². The fourth-order valence-electron chi connectivity index (χ4n) is 2.81. The molecule has 2 rings (SSSR count). The normalized spacial score (nSPS) is 11.1. The minimum atomic E-state index is -0.716. The lowest BCUT2D eigenvalue weighted by atomic mass is 10.0. The van der Waals surface area contributed by atoms with Crippen molar-refractivity contribution in [2.24, 2.45) is 7.05 Å². The maximum Gasteiger partial charge on any atom is 0.303 e. The van der Waals surface area contributed by atoms with Crippen LogP contribution in [0.2, 0.25) is 0 Å². The van der Waals surface area contributed by atoms with Gasteiger partial charge in [-0.3, -0.25) is 4.79 Å². The van der Waals surface area contributed by atoms with Gasteiger partial charge in [0, 0.05) is 24.5 Å². The second kappa shape index (κ2) is 5.47. The molecule has 0 saturated heterocycles. The van der Waals surface area contributed by atoms with E-state index in [0.29, 0.717) is 6.42 Å². The molecule has 0 saturated carbocycles. The zero-order valence-electron chi connectivity index (χ0n) is 11.9. The molecule has 0 spiro atoms. The number of hydrogen-bond acceptors (Lipinski definition) is 1. The summed E-state index contributed by atoms with van der Waals surface area (Å²) in [6.45, 7) is 4.29. The van der Waals surface area contributed by atoms with E-state index in [1.165, 1.54) is 27.7 Å². The van der Waals surface area contributed by atoms with Gasteiger partial charge in [0.15, 0.2) is 0 Å². The predicted octanol–water partition coefficient (Wildman–Crippen LogP) is 3.46. The van der Waals surface area contributed by atoms with E-state index < -0.39 is 5.97 Å². The molecule has 1 heterocycles. The summed E-state index contributed by atoms with van der Waals surface area (Å²) in [5, 5.41) is 10.0. The summed E-state index contributed by atoms with van der Waals surface area (Å²) in [6.07, 6.45) is 2.79. The van der Waals surface area contributed by atoms with Crippen molar-refractivity contribution < 1.29 is 9.90 Å². The van der Waals surface area contributed by atoms with E-state index >= 15 is 0 Å². The Kier molecular flexibility index (Phi) is 3.93. The van der Waals surface area contributed by atoms with E-state index in [1.807, 2.05) is 0 Å². The molecular weight excluding hydrogens is 238 g/mol. The molecule has 3 nitrogen and oxygen atoms in total. The van der Waals surface area contributed by atoms with Crippen molar-refractivity contribution in [2.45, 2.75) is 39.5 Å². The lowest BCUT2D eigenvalue weighted by Gasteiger charge is -2.03. The minimum absolute atomic E-state index is 0.239. The van der Waals surface area contributed by atoms with E-state index in [1.54, 1.807) is 0 Å². The maximum atomic E-state index is 10.6. The van der Waals surface area contributed by atoms with Gasteiger partial charge >= 0.3 is 5.97 Å². The number of carbonyl (C=O) groups is 1. The fourth-order valence-corrected chi connectivity index (χ4v) is 2.81. The highest BCUT2D eigenvalue weighted by molar-refractivity contribution is 5.88. The Balaban J connectivity index is 2.44. The van der Waals surface area contributed by atoms with Crippen molar-refractivity contribution in [3.05, 3.63) is 35.0 Å². The molecule has 0 fully saturated rings. The Morgan fingerprint density at radius 1 is 1.37 bits per heavy atom. The average molecular weight is 259 g/mol. The van der Waals surface area contributed by atoms with Gasteiger partial charge in [0.1, 0.15) is 0 Å². The topological polar surface area (TPSA) is 42.2 Å². The quantitative estimate of drug-likeness (QED) is 0.893. The van der Waals surface area contributed by atoms with Crippen LogP contribution in [0, 0.1) is 6.92 Å². The largest absolute Gasteiger partial charge is 0.481 e. The molecule has 0 aliphatic heterocycles. The smallest absolute Gasteiger partial charge is 0.303 e. The summed E-state index contributed by atoms with van der Waals surface area (Å²) in [7, 11) is 2.09. The number of hydrogen-bond donors (Lipinski definition) is 1. The molecule has 1 aromatic heterocycles. The molecule has 0 radical (unpaired) electrons. The molecule has 0 bridgehead atoms. The van der Waals surface area contributed by atoms with Crippen LogP contribution in [-0.2, 0) is 24.7 Å². The number of carboxylic acids is 1. The number of nitrogens with zero attached hydrogens (tertiary/aromatic N) is 1. The van der Waals surface area contributed by atoms with E-state index in [4.69, 9.17) is 5.11 Å². The molecule has 1 aromatic carbocycles. The highest BCUT2D eigenvalue weighted by atomic mass is 16.4. The second-order valence-corrected chi connectivity index (χ2v) is 5.04. The highest BCUT2D eigenvalue weighted by Gasteiger charge is 2.14. The molecule has 0 amide bonds. The third-order valence-corrected chi connectivity index (χ3v) is 3.92. The third-order valence-electron chi connectivity index (χ3n) is 3.92. The van der Waals surface area contributed by atoms with Gasteiger partial charge in [0.2, 0.25) is 0 Å². The van der Waals surface area contributed by atoms with Gasteiger partial charge in [-0.15, -0.1) is 0 Å². The van der Waals surface area contributed by atoms with Crippen LogP contribution in [0.3, 0.4) is 0 Å². The summed E-state index contributed by atoms with van der Waals surface area (Å²) in [6, 6.07) is 6.42. The summed E-state index contributed by atoms with van der Waals surface area (Å²) in [5.41, 5.74) is 5.20. The van der Waals surface area contributed by atoms with Crippen molar-refractivity contribution in [3.8, 4) is 0 Å². The maximum absolute atomic E-state index is 10.6. The number of rotatable bonds is 5. The second-order valence-electron chi connectivity index (χ2n) is 5.04. The Labute approximate surface area is 113 Å². The van der Waals surface area contributed by atoms with Gasteiger partial charge in [-0.1, -0.05) is 25.1 Å². The number of para-hydroxylation sites is 1. The molecule has 0 unspecified atom stereocenters. The number of aryl methyl sites for hydroxylation is 3. The SMILES string of the molecule is CCc1cccc2c(CCCC(=O)O)c(C)n(C)c12. The molecule has 0 aliphatic carbocycles. The van der Waals surface area contributed by atoms with Crippen molar-refractivity contribution in [3.63, 3.8) is 0 Å². The summed E-state index contributed by atoms with van der Waals surface area (Å²) < 4.78 is 2.24. The number of fused-ring (bicyclic) bond motifs is 1. The highest BCUT2D eigenvalue weighted by Crippen LogP contribution is 2.29. The first-order chi connectivity index (χ1) is 9.06. The molecule has 0 aliphatic rings. The van der Waals surface area contributed by atoms with Crippen molar-refractivity contribution in [1.82, 2.24) is 4.57 Å². The molecular formula is C16H21NO2. The summed E-state index contributed by atoms with van der Waals surface area (Å²) in [4.78, 5) is 10.6. The number of aliphatic carboxylic acids is 1. The van der Waals surface area contributed by atoms with E-state index in [-0.39, 0.29) is 6.42 Å². The van der Waals surface area contributed by atoms with E-state index in [2.05, 4.69) is 43.7 Å². The molecule has 2 aromatic rings.